The average Bonchev–Trinajstić information content (AvgIpc) is 2.60. The zero-order valence-electron chi connectivity index (χ0n) is 13.2. The van der Waals surface area contributed by atoms with Gasteiger partial charge in [-0.05, 0) is 23.8 Å². The van der Waals surface area contributed by atoms with Crippen molar-refractivity contribution in [2.45, 2.75) is 0 Å². The van der Waals surface area contributed by atoms with E-state index in [1.165, 1.54) is 30.6 Å². The maximum atomic E-state index is 11.9. The Morgan fingerprint density at radius 2 is 2.17 bits per heavy atom. The molecule has 8 heteroatoms. The molecule has 0 radical (unpaired) electrons. The van der Waals surface area contributed by atoms with E-state index in [2.05, 4.69) is 5.32 Å². The van der Waals surface area contributed by atoms with Crippen LogP contribution in [0.2, 0.25) is 0 Å². The fourth-order valence-electron chi connectivity index (χ4n) is 2.13. The summed E-state index contributed by atoms with van der Waals surface area (Å²) in [5, 5.41) is 11.0. The summed E-state index contributed by atoms with van der Waals surface area (Å²) in [7, 11) is 3.01. The molecule has 126 valence electrons. The van der Waals surface area contributed by atoms with E-state index in [0.717, 1.165) is 6.08 Å². The minimum Gasteiger partial charge on any atom is -0.496 e. The Bertz CT molecular complexity index is 739. The van der Waals surface area contributed by atoms with Gasteiger partial charge in [0.15, 0.2) is 0 Å². The molecule has 0 saturated carbocycles. The highest BCUT2D eigenvalue weighted by molar-refractivity contribution is 6.05. The van der Waals surface area contributed by atoms with Crippen molar-refractivity contribution in [1.82, 2.24) is 15.7 Å². The molecule has 1 aliphatic heterocycles. The zero-order valence-corrected chi connectivity index (χ0v) is 13.2. The molecular weight excluding hydrogens is 314 g/mol. The van der Waals surface area contributed by atoms with Crippen LogP contribution >= 0.6 is 0 Å². The summed E-state index contributed by atoms with van der Waals surface area (Å²) in [6.07, 6.45) is 4.20. The van der Waals surface area contributed by atoms with Gasteiger partial charge in [-0.2, -0.15) is 0 Å². The summed E-state index contributed by atoms with van der Waals surface area (Å²) in [4.78, 5) is 35.9. The first-order valence-electron chi connectivity index (χ1n) is 7.03. The summed E-state index contributed by atoms with van der Waals surface area (Å²) in [6.45, 7) is -0.0212. The number of carbonyl (C=O) groups excluding carboxylic acids is 3. The molecule has 0 aliphatic carbocycles. The molecule has 3 amide bonds. The highest BCUT2D eigenvalue weighted by Crippen LogP contribution is 2.24. The largest absolute Gasteiger partial charge is 0.496 e. The van der Waals surface area contributed by atoms with Gasteiger partial charge in [0.25, 0.3) is 11.8 Å². The molecule has 1 aliphatic rings. The number of nitrogens with one attached hydrogen (secondary N) is 2. The van der Waals surface area contributed by atoms with Crippen LogP contribution in [-0.4, -0.2) is 48.5 Å². The SMILES string of the molecule is COc1cc(/C=C2/C(=O)NCC(=O)N2C)ccc1/C=C/C(=O)NO. The molecule has 1 fully saturated rings. The van der Waals surface area contributed by atoms with E-state index in [1.807, 2.05) is 0 Å². The van der Waals surface area contributed by atoms with Gasteiger partial charge in [-0.15, -0.1) is 0 Å². The van der Waals surface area contributed by atoms with Gasteiger partial charge in [0.1, 0.15) is 11.4 Å². The van der Waals surface area contributed by atoms with Crippen LogP contribution in [0, 0.1) is 0 Å². The van der Waals surface area contributed by atoms with Crippen LogP contribution in [0.1, 0.15) is 11.1 Å². The lowest BCUT2D eigenvalue weighted by molar-refractivity contribution is -0.135. The highest BCUT2D eigenvalue weighted by atomic mass is 16.5. The van der Waals surface area contributed by atoms with Gasteiger partial charge >= 0.3 is 0 Å². The van der Waals surface area contributed by atoms with Gasteiger partial charge < -0.3 is 15.0 Å². The summed E-state index contributed by atoms with van der Waals surface area (Å²) in [5.41, 5.74) is 2.99. The number of rotatable bonds is 4. The second-order valence-electron chi connectivity index (χ2n) is 4.98. The molecule has 2 rings (SSSR count). The fourth-order valence-corrected chi connectivity index (χ4v) is 2.13. The second-order valence-corrected chi connectivity index (χ2v) is 4.98. The van der Waals surface area contributed by atoms with Crippen molar-refractivity contribution >= 4 is 29.9 Å². The molecule has 8 nitrogen and oxygen atoms in total. The average molecular weight is 331 g/mol. The predicted octanol–water partition coefficient (Wildman–Crippen LogP) is 0.143. The number of ether oxygens (including phenoxy) is 1. The van der Waals surface area contributed by atoms with Crippen molar-refractivity contribution in [3.05, 3.63) is 41.1 Å². The molecule has 0 bridgehead atoms. The van der Waals surface area contributed by atoms with Crippen LogP contribution in [0.5, 0.6) is 5.75 Å². The van der Waals surface area contributed by atoms with E-state index in [9.17, 15) is 14.4 Å². The molecule has 24 heavy (non-hydrogen) atoms. The third-order valence-electron chi connectivity index (χ3n) is 3.45. The Morgan fingerprint density at radius 1 is 1.42 bits per heavy atom. The number of benzene rings is 1. The lowest BCUT2D eigenvalue weighted by atomic mass is 10.1. The summed E-state index contributed by atoms with van der Waals surface area (Å²) >= 11 is 0. The van der Waals surface area contributed by atoms with Crippen molar-refractivity contribution < 1.29 is 24.3 Å². The number of nitrogens with zero attached hydrogens (tertiary/aromatic N) is 1. The third-order valence-corrected chi connectivity index (χ3v) is 3.45. The van der Waals surface area contributed by atoms with Crippen molar-refractivity contribution in [2.24, 2.45) is 0 Å². The third kappa shape index (κ3) is 3.79. The first kappa shape index (κ1) is 17.2. The monoisotopic (exact) mass is 331 g/mol. The maximum Gasteiger partial charge on any atom is 0.268 e. The van der Waals surface area contributed by atoms with Gasteiger partial charge in [-0.3, -0.25) is 19.6 Å². The van der Waals surface area contributed by atoms with E-state index in [-0.39, 0.29) is 24.1 Å². The van der Waals surface area contributed by atoms with E-state index >= 15 is 0 Å². The van der Waals surface area contributed by atoms with Crippen molar-refractivity contribution in [3.63, 3.8) is 0 Å². The molecule has 1 heterocycles. The molecule has 0 spiro atoms. The van der Waals surface area contributed by atoms with Crippen LogP contribution in [0.4, 0.5) is 0 Å². The molecule has 0 atom stereocenters. The Morgan fingerprint density at radius 3 is 2.83 bits per heavy atom. The minimum atomic E-state index is -0.665. The van der Waals surface area contributed by atoms with Gasteiger partial charge in [-0.25, -0.2) is 5.48 Å². The Hall–Kier alpha value is -3.13. The fraction of sp³-hybridized carbons (Fsp3) is 0.188. The minimum absolute atomic E-state index is 0.0212. The van der Waals surface area contributed by atoms with Crippen molar-refractivity contribution in [2.75, 3.05) is 20.7 Å². The molecule has 1 aromatic carbocycles. The van der Waals surface area contributed by atoms with Crippen LogP contribution in [0.3, 0.4) is 0 Å². The van der Waals surface area contributed by atoms with E-state index in [1.54, 1.807) is 24.3 Å². The van der Waals surface area contributed by atoms with Crippen LogP contribution in [0.15, 0.2) is 30.0 Å². The second kappa shape index (κ2) is 7.42. The number of likely N-dealkylation sites (N-methyl/N-ethyl adjacent to an activating group) is 1. The van der Waals surface area contributed by atoms with Gasteiger partial charge in [0.05, 0.1) is 13.7 Å². The van der Waals surface area contributed by atoms with E-state index < -0.39 is 5.91 Å². The summed E-state index contributed by atoms with van der Waals surface area (Å²) < 4.78 is 5.26. The number of amides is 3. The number of hydrogen-bond acceptors (Lipinski definition) is 5. The van der Waals surface area contributed by atoms with E-state index in [0.29, 0.717) is 16.9 Å². The first-order valence-corrected chi connectivity index (χ1v) is 7.03. The highest BCUT2D eigenvalue weighted by Gasteiger charge is 2.25. The molecule has 1 aromatic rings. The van der Waals surface area contributed by atoms with Crippen LogP contribution in [-0.2, 0) is 14.4 Å². The van der Waals surface area contributed by atoms with E-state index in [4.69, 9.17) is 9.94 Å². The van der Waals surface area contributed by atoms with Crippen LogP contribution < -0.4 is 15.5 Å². The number of hydrogen-bond donors (Lipinski definition) is 3. The quantitative estimate of drug-likeness (QED) is 0.413. The Labute approximate surface area is 138 Å². The van der Waals surface area contributed by atoms with Crippen molar-refractivity contribution in [3.8, 4) is 5.75 Å². The topological polar surface area (TPSA) is 108 Å². The lowest BCUT2D eigenvalue weighted by Gasteiger charge is -2.25. The maximum absolute atomic E-state index is 11.9. The number of methoxy groups -OCH3 is 1. The first-order chi connectivity index (χ1) is 11.5. The van der Waals surface area contributed by atoms with Crippen LogP contribution in [0.25, 0.3) is 12.2 Å². The number of carbonyl (C=O) groups is 3. The normalized spacial score (nSPS) is 16.5. The standard InChI is InChI=1S/C16H17N3O5/c1-19-12(16(22)17-9-15(19)21)7-10-3-4-11(13(8-10)24-2)5-6-14(20)18-23/h3-8,23H,9H2,1-2H3,(H,17,22)(H,18,20)/b6-5+,12-7-. The lowest BCUT2D eigenvalue weighted by Crippen LogP contribution is -2.47. The smallest absolute Gasteiger partial charge is 0.268 e. The Kier molecular flexibility index (Phi) is 5.33. The molecular formula is C16H17N3O5. The molecule has 0 unspecified atom stereocenters. The summed E-state index contributed by atoms with van der Waals surface area (Å²) in [5.74, 6) is -0.735. The van der Waals surface area contributed by atoms with Gasteiger partial charge in [0, 0.05) is 18.7 Å². The number of hydroxylamine groups is 1. The predicted molar refractivity (Wildman–Crippen MR) is 85.7 cm³/mol. The Balaban J connectivity index is 2.34. The van der Waals surface area contributed by atoms with Crippen molar-refractivity contribution in [1.29, 1.82) is 0 Å². The zero-order chi connectivity index (χ0) is 17.7. The molecule has 0 aromatic heterocycles. The molecule has 3 N–H and O–H groups in total. The molecule has 1 saturated heterocycles. The van der Waals surface area contributed by atoms with Gasteiger partial charge in [0.2, 0.25) is 5.91 Å². The van der Waals surface area contributed by atoms with Gasteiger partial charge in [-0.1, -0.05) is 12.1 Å². The summed E-state index contributed by atoms with van der Waals surface area (Å²) in [6, 6.07) is 5.07. The number of piperazine rings is 1.